The molecule has 0 unspecified atom stereocenters. The molecule has 3 rings (SSSR count). The third kappa shape index (κ3) is 2.97. The first-order chi connectivity index (χ1) is 11.4. The minimum atomic E-state index is -1.02. The topological polar surface area (TPSA) is 111 Å². The zero-order valence-corrected chi connectivity index (χ0v) is 14.0. The highest BCUT2D eigenvalue weighted by molar-refractivity contribution is 6.30. The van der Waals surface area contributed by atoms with Gasteiger partial charge in [-0.05, 0) is 19.8 Å². The van der Waals surface area contributed by atoms with Crippen molar-refractivity contribution in [1.29, 1.82) is 5.26 Å². The van der Waals surface area contributed by atoms with Crippen LogP contribution in [0.5, 0.6) is 0 Å². The van der Waals surface area contributed by atoms with E-state index in [2.05, 4.69) is 15.3 Å². The molecule has 9 heteroatoms. The van der Waals surface area contributed by atoms with E-state index in [0.29, 0.717) is 25.5 Å². The molecule has 2 saturated heterocycles. The second-order valence-electron chi connectivity index (χ2n) is 6.27. The van der Waals surface area contributed by atoms with Gasteiger partial charge in [0, 0.05) is 18.5 Å². The first-order valence-electron chi connectivity index (χ1n) is 7.74. The van der Waals surface area contributed by atoms with E-state index in [0.717, 1.165) is 12.8 Å². The number of carbonyl (C=O) groups is 1. The molecule has 0 radical (unpaired) electrons. The molecule has 8 nitrogen and oxygen atoms in total. The van der Waals surface area contributed by atoms with Crippen LogP contribution in [0, 0.1) is 16.7 Å². The maximum Gasteiger partial charge on any atom is 0.404 e. The molecule has 0 bridgehead atoms. The highest BCUT2D eigenvalue weighted by Crippen LogP contribution is 2.42. The minimum absolute atomic E-state index is 0.0959. The summed E-state index contributed by atoms with van der Waals surface area (Å²) in [6.45, 7) is 3.84. The highest BCUT2D eigenvalue weighted by atomic mass is 35.5. The van der Waals surface area contributed by atoms with Gasteiger partial charge < -0.3 is 20.1 Å². The fraction of sp³-hybridized carbons (Fsp3) is 0.600. The number of nitriles is 1. The number of rotatable bonds is 2. The van der Waals surface area contributed by atoms with Crippen LogP contribution in [-0.4, -0.2) is 53.0 Å². The normalized spacial score (nSPS) is 25.5. The lowest BCUT2D eigenvalue weighted by Crippen LogP contribution is -2.54. The Morgan fingerprint density at radius 3 is 2.88 bits per heavy atom. The monoisotopic (exact) mass is 351 g/mol. The summed E-state index contributed by atoms with van der Waals surface area (Å²) >= 11 is 5.95. The lowest BCUT2D eigenvalue weighted by Gasteiger charge is -2.42. The molecule has 0 saturated carbocycles. The number of nitrogens with zero attached hydrogens (tertiary/aromatic N) is 4. The van der Waals surface area contributed by atoms with Crippen LogP contribution in [0.1, 0.15) is 25.5 Å². The van der Waals surface area contributed by atoms with Gasteiger partial charge in [-0.1, -0.05) is 11.6 Å². The van der Waals surface area contributed by atoms with Crippen molar-refractivity contribution >= 4 is 23.5 Å². The van der Waals surface area contributed by atoms with Crippen LogP contribution in [-0.2, 0) is 4.74 Å². The van der Waals surface area contributed by atoms with Gasteiger partial charge in [0.2, 0.25) is 0 Å². The molecular formula is C15H18ClN5O3. The van der Waals surface area contributed by atoms with Crippen LogP contribution in [0.2, 0.25) is 5.15 Å². The number of aromatic nitrogens is 2. The standard InChI is InChI=1S/C15H18ClN5O3/c1-9-12(20-14(22)23)15(8-24-9)2-4-21(5-3-15)11-7-18-10(6-17)13(16)19-11/h7,9,12,20H,2-5,8H2,1H3,(H,22,23)/t9-,12+/m0/s1. The van der Waals surface area contributed by atoms with Crippen LogP contribution in [0.3, 0.4) is 0 Å². The molecule has 24 heavy (non-hydrogen) atoms. The van der Waals surface area contributed by atoms with Crippen molar-refractivity contribution in [3.05, 3.63) is 17.0 Å². The molecule has 0 aromatic carbocycles. The summed E-state index contributed by atoms with van der Waals surface area (Å²) in [6.07, 6.45) is 1.94. The van der Waals surface area contributed by atoms with Gasteiger partial charge in [-0.2, -0.15) is 5.26 Å². The Morgan fingerprint density at radius 2 is 2.29 bits per heavy atom. The Kier molecular flexibility index (Phi) is 4.47. The molecule has 1 aromatic rings. The summed E-state index contributed by atoms with van der Waals surface area (Å²) in [7, 11) is 0. The lowest BCUT2D eigenvalue weighted by atomic mass is 9.73. The van der Waals surface area contributed by atoms with Crippen LogP contribution in [0.4, 0.5) is 10.6 Å². The molecule has 2 atom stereocenters. The largest absolute Gasteiger partial charge is 0.465 e. The first kappa shape index (κ1) is 16.7. The van der Waals surface area contributed by atoms with E-state index < -0.39 is 6.09 Å². The first-order valence-corrected chi connectivity index (χ1v) is 8.12. The van der Waals surface area contributed by atoms with E-state index in [1.54, 1.807) is 6.20 Å². The summed E-state index contributed by atoms with van der Waals surface area (Å²) in [5.41, 5.74) is -0.0874. The van der Waals surface area contributed by atoms with E-state index in [1.807, 2.05) is 17.9 Å². The average molecular weight is 352 g/mol. The second kappa shape index (κ2) is 6.42. The van der Waals surface area contributed by atoms with E-state index in [-0.39, 0.29) is 28.4 Å². The number of amides is 1. The van der Waals surface area contributed by atoms with Gasteiger partial charge >= 0.3 is 6.09 Å². The van der Waals surface area contributed by atoms with Gasteiger partial charge in [0.25, 0.3) is 0 Å². The van der Waals surface area contributed by atoms with Crippen LogP contribution < -0.4 is 10.2 Å². The lowest BCUT2D eigenvalue weighted by molar-refractivity contribution is 0.0970. The summed E-state index contributed by atoms with van der Waals surface area (Å²) in [4.78, 5) is 21.4. The molecule has 1 spiro atoms. The number of ether oxygens (including phenoxy) is 1. The molecule has 2 fully saturated rings. The number of anilines is 1. The average Bonchev–Trinajstić information content (AvgIpc) is 2.85. The molecule has 2 aliphatic heterocycles. The molecule has 1 amide bonds. The number of hydrogen-bond donors (Lipinski definition) is 2. The smallest absolute Gasteiger partial charge is 0.404 e. The predicted molar refractivity (Wildman–Crippen MR) is 86.0 cm³/mol. The zero-order chi connectivity index (χ0) is 17.3. The van der Waals surface area contributed by atoms with Gasteiger partial charge in [-0.25, -0.2) is 14.8 Å². The molecule has 1 aromatic heterocycles. The number of carboxylic acid groups (broad SMARTS) is 1. The van der Waals surface area contributed by atoms with Gasteiger partial charge in [0.1, 0.15) is 11.9 Å². The zero-order valence-electron chi connectivity index (χ0n) is 13.2. The van der Waals surface area contributed by atoms with E-state index in [4.69, 9.17) is 26.7 Å². The van der Waals surface area contributed by atoms with Crippen LogP contribution >= 0.6 is 11.6 Å². The van der Waals surface area contributed by atoms with Crippen molar-refractivity contribution < 1.29 is 14.6 Å². The number of nitrogens with one attached hydrogen (secondary N) is 1. The van der Waals surface area contributed by atoms with Gasteiger partial charge in [0.05, 0.1) is 24.9 Å². The molecular weight excluding hydrogens is 334 g/mol. The highest BCUT2D eigenvalue weighted by Gasteiger charge is 2.50. The predicted octanol–water partition coefficient (Wildman–Crippen LogP) is 1.64. The molecule has 3 heterocycles. The summed E-state index contributed by atoms with van der Waals surface area (Å²) in [6, 6.07) is 1.67. The van der Waals surface area contributed by atoms with Gasteiger partial charge in [-0.3, -0.25) is 0 Å². The summed E-state index contributed by atoms with van der Waals surface area (Å²) < 4.78 is 5.72. The van der Waals surface area contributed by atoms with Crippen molar-refractivity contribution in [2.45, 2.75) is 31.9 Å². The fourth-order valence-electron chi connectivity index (χ4n) is 3.61. The van der Waals surface area contributed by atoms with Crippen molar-refractivity contribution in [1.82, 2.24) is 15.3 Å². The molecule has 0 aliphatic carbocycles. The van der Waals surface area contributed by atoms with Crippen molar-refractivity contribution in [3.8, 4) is 6.07 Å². The summed E-state index contributed by atoms with van der Waals surface area (Å²) in [5, 5.41) is 20.7. The summed E-state index contributed by atoms with van der Waals surface area (Å²) in [5.74, 6) is 0.628. The quantitative estimate of drug-likeness (QED) is 0.833. The Labute approximate surface area is 144 Å². The second-order valence-corrected chi connectivity index (χ2v) is 6.63. The SMILES string of the molecule is C[C@@H]1OCC2(CCN(c3cnc(C#N)c(Cl)n3)CC2)[C@@H]1NC(=O)O. The number of hydrogen-bond acceptors (Lipinski definition) is 6. The van der Waals surface area contributed by atoms with Crippen molar-refractivity contribution in [2.75, 3.05) is 24.6 Å². The Hall–Kier alpha value is -2.11. The number of piperidine rings is 1. The van der Waals surface area contributed by atoms with Crippen molar-refractivity contribution in [2.24, 2.45) is 5.41 Å². The Balaban J connectivity index is 1.72. The fourth-order valence-corrected chi connectivity index (χ4v) is 3.78. The van der Waals surface area contributed by atoms with Gasteiger partial charge in [-0.15, -0.1) is 0 Å². The maximum atomic E-state index is 11.1. The Bertz CT molecular complexity index is 684. The van der Waals surface area contributed by atoms with E-state index >= 15 is 0 Å². The van der Waals surface area contributed by atoms with E-state index in [1.165, 1.54) is 0 Å². The number of halogens is 1. The Morgan fingerprint density at radius 1 is 1.58 bits per heavy atom. The minimum Gasteiger partial charge on any atom is -0.465 e. The molecule has 2 N–H and O–H groups in total. The maximum absolute atomic E-state index is 11.1. The third-order valence-electron chi connectivity index (χ3n) is 4.95. The third-order valence-corrected chi connectivity index (χ3v) is 5.21. The molecule has 128 valence electrons. The molecule has 2 aliphatic rings. The van der Waals surface area contributed by atoms with E-state index in [9.17, 15) is 4.79 Å². The van der Waals surface area contributed by atoms with Crippen LogP contribution in [0.15, 0.2) is 6.20 Å². The van der Waals surface area contributed by atoms with Crippen molar-refractivity contribution in [3.63, 3.8) is 0 Å². The van der Waals surface area contributed by atoms with Gasteiger partial charge in [0.15, 0.2) is 10.8 Å². The van der Waals surface area contributed by atoms with Crippen LogP contribution in [0.25, 0.3) is 0 Å².